The van der Waals surface area contributed by atoms with Gasteiger partial charge in [-0.15, -0.1) is 0 Å². The van der Waals surface area contributed by atoms with Gasteiger partial charge >= 0.3 is 0 Å². The standard InChI is InChI=1S/C17H19NO3/c1-18-17(13-5-3-4-6-14(13)19-2)12-7-8-15-16(11-12)21-10-9-20-15/h3-8,11,17-18H,9-10H2,1-2H3. The van der Waals surface area contributed by atoms with E-state index >= 15 is 0 Å². The van der Waals surface area contributed by atoms with Gasteiger partial charge in [-0.25, -0.2) is 0 Å². The molecule has 2 aromatic rings. The van der Waals surface area contributed by atoms with Crippen LogP contribution in [-0.2, 0) is 0 Å². The summed E-state index contributed by atoms with van der Waals surface area (Å²) in [6, 6.07) is 14.1. The minimum absolute atomic E-state index is 0.0389. The number of hydrogen-bond acceptors (Lipinski definition) is 4. The van der Waals surface area contributed by atoms with Gasteiger partial charge in [-0.1, -0.05) is 24.3 Å². The summed E-state index contributed by atoms with van der Waals surface area (Å²) in [5.74, 6) is 2.47. The van der Waals surface area contributed by atoms with Crippen LogP contribution in [0.2, 0.25) is 0 Å². The summed E-state index contributed by atoms with van der Waals surface area (Å²) in [6.07, 6.45) is 0. The number of methoxy groups -OCH3 is 1. The number of fused-ring (bicyclic) bond motifs is 1. The van der Waals surface area contributed by atoms with Crippen molar-refractivity contribution in [2.24, 2.45) is 0 Å². The van der Waals surface area contributed by atoms with Gasteiger partial charge in [-0.3, -0.25) is 0 Å². The zero-order valence-electron chi connectivity index (χ0n) is 12.3. The third-order valence-electron chi connectivity index (χ3n) is 3.64. The minimum Gasteiger partial charge on any atom is -0.496 e. The van der Waals surface area contributed by atoms with E-state index in [1.54, 1.807) is 7.11 Å². The molecule has 4 nitrogen and oxygen atoms in total. The molecule has 1 heterocycles. The fraction of sp³-hybridized carbons (Fsp3) is 0.294. The van der Waals surface area contributed by atoms with Crippen LogP contribution in [0.3, 0.4) is 0 Å². The molecule has 0 bridgehead atoms. The molecule has 3 rings (SSSR count). The summed E-state index contributed by atoms with van der Waals surface area (Å²) >= 11 is 0. The highest BCUT2D eigenvalue weighted by atomic mass is 16.6. The van der Waals surface area contributed by atoms with Crippen molar-refractivity contribution >= 4 is 0 Å². The van der Waals surface area contributed by atoms with Crippen molar-refractivity contribution in [2.75, 3.05) is 27.4 Å². The van der Waals surface area contributed by atoms with Crippen LogP contribution in [0, 0.1) is 0 Å². The first-order valence-electron chi connectivity index (χ1n) is 7.03. The number of para-hydroxylation sites is 1. The molecule has 2 aromatic carbocycles. The Morgan fingerprint density at radius 1 is 1.05 bits per heavy atom. The summed E-state index contributed by atoms with van der Waals surface area (Å²) in [5, 5.41) is 3.34. The van der Waals surface area contributed by atoms with E-state index in [9.17, 15) is 0 Å². The molecule has 0 amide bonds. The Bertz CT molecular complexity index is 627. The lowest BCUT2D eigenvalue weighted by Crippen LogP contribution is -2.20. The average molecular weight is 285 g/mol. The second-order valence-electron chi connectivity index (χ2n) is 4.87. The number of rotatable bonds is 4. The molecule has 0 radical (unpaired) electrons. The van der Waals surface area contributed by atoms with E-state index in [0.717, 1.165) is 28.4 Å². The minimum atomic E-state index is 0.0389. The smallest absolute Gasteiger partial charge is 0.161 e. The van der Waals surface area contributed by atoms with Gasteiger partial charge in [0.25, 0.3) is 0 Å². The maximum atomic E-state index is 5.67. The normalized spacial score (nSPS) is 14.6. The highest BCUT2D eigenvalue weighted by Gasteiger charge is 2.19. The van der Waals surface area contributed by atoms with Crippen LogP contribution in [0.4, 0.5) is 0 Å². The lowest BCUT2D eigenvalue weighted by molar-refractivity contribution is 0.171. The molecule has 21 heavy (non-hydrogen) atoms. The third-order valence-corrected chi connectivity index (χ3v) is 3.64. The van der Waals surface area contributed by atoms with Gasteiger partial charge < -0.3 is 19.5 Å². The van der Waals surface area contributed by atoms with E-state index in [2.05, 4.69) is 17.4 Å². The molecule has 110 valence electrons. The largest absolute Gasteiger partial charge is 0.496 e. The summed E-state index contributed by atoms with van der Waals surface area (Å²) in [6.45, 7) is 1.20. The maximum absolute atomic E-state index is 5.67. The zero-order chi connectivity index (χ0) is 14.7. The molecule has 1 aliphatic rings. The molecule has 1 aliphatic heterocycles. The van der Waals surface area contributed by atoms with E-state index in [1.165, 1.54) is 0 Å². The summed E-state index contributed by atoms with van der Waals surface area (Å²) in [5.41, 5.74) is 2.21. The van der Waals surface area contributed by atoms with Crippen molar-refractivity contribution in [3.63, 3.8) is 0 Å². The Hall–Kier alpha value is -2.20. The Kier molecular flexibility index (Phi) is 3.97. The van der Waals surface area contributed by atoms with E-state index in [-0.39, 0.29) is 6.04 Å². The van der Waals surface area contributed by atoms with Crippen molar-refractivity contribution in [2.45, 2.75) is 6.04 Å². The van der Waals surface area contributed by atoms with Crippen molar-refractivity contribution in [1.82, 2.24) is 5.32 Å². The highest BCUT2D eigenvalue weighted by molar-refractivity contribution is 5.48. The molecule has 1 atom stereocenters. The van der Waals surface area contributed by atoms with Gasteiger partial charge in [-0.2, -0.15) is 0 Å². The molecular weight excluding hydrogens is 266 g/mol. The zero-order valence-corrected chi connectivity index (χ0v) is 12.3. The van der Waals surface area contributed by atoms with Crippen LogP contribution in [0.1, 0.15) is 17.2 Å². The summed E-state index contributed by atoms with van der Waals surface area (Å²) < 4.78 is 16.7. The maximum Gasteiger partial charge on any atom is 0.161 e. The lowest BCUT2D eigenvalue weighted by Gasteiger charge is -2.23. The van der Waals surface area contributed by atoms with Crippen LogP contribution in [0.5, 0.6) is 17.2 Å². The van der Waals surface area contributed by atoms with Crippen molar-refractivity contribution in [3.8, 4) is 17.2 Å². The van der Waals surface area contributed by atoms with Gasteiger partial charge in [0.15, 0.2) is 11.5 Å². The molecule has 0 aromatic heterocycles. The first-order valence-corrected chi connectivity index (χ1v) is 7.03. The van der Waals surface area contributed by atoms with Gasteiger partial charge in [0.1, 0.15) is 19.0 Å². The lowest BCUT2D eigenvalue weighted by atomic mass is 9.97. The fourth-order valence-electron chi connectivity index (χ4n) is 2.65. The molecule has 0 fully saturated rings. The Labute approximate surface area is 124 Å². The van der Waals surface area contributed by atoms with Gasteiger partial charge in [0, 0.05) is 5.56 Å². The van der Waals surface area contributed by atoms with E-state index in [0.29, 0.717) is 13.2 Å². The van der Waals surface area contributed by atoms with Crippen LogP contribution in [0.25, 0.3) is 0 Å². The SMILES string of the molecule is CNC(c1ccc2c(c1)OCCO2)c1ccccc1OC. The Morgan fingerprint density at radius 3 is 2.57 bits per heavy atom. The monoisotopic (exact) mass is 285 g/mol. The van der Waals surface area contributed by atoms with Crippen LogP contribution in [-0.4, -0.2) is 27.4 Å². The van der Waals surface area contributed by atoms with Gasteiger partial charge in [0.2, 0.25) is 0 Å². The number of nitrogens with one attached hydrogen (secondary N) is 1. The topological polar surface area (TPSA) is 39.7 Å². The van der Waals surface area contributed by atoms with Gasteiger partial charge in [-0.05, 0) is 30.8 Å². The predicted octanol–water partition coefficient (Wildman–Crippen LogP) is 2.78. The van der Waals surface area contributed by atoms with Crippen LogP contribution < -0.4 is 19.5 Å². The quantitative estimate of drug-likeness (QED) is 0.937. The van der Waals surface area contributed by atoms with E-state index < -0.39 is 0 Å². The summed E-state index contributed by atoms with van der Waals surface area (Å²) in [7, 11) is 3.63. The average Bonchev–Trinajstić information content (AvgIpc) is 2.56. The molecule has 0 aliphatic carbocycles. The Morgan fingerprint density at radius 2 is 1.81 bits per heavy atom. The van der Waals surface area contributed by atoms with Crippen LogP contribution in [0.15, 0.2) is 42.5 Å². The predicted molar refractivity (Wildman–Crippen MR) is 81.3 cm³/mol. The molecule has 0 saturated heterocycles. The van der Waals surface area contributed by atoms with Crippen molar-refractivity contribution in [1.29, 1.82) is 0 Å². The molecule has 1 N–H and O–H groups in total. The van der Waals surface area contributed by atoms with Crippen molar-refractivity contribution in [3.05, 3.63) is 53.6 Å². The number of benzene rings is 2. The summed E-state index contributed by atoms with van der Waals surface area (Å²) in [4.78, 5) is 0. The third kappa shape index (κ3) is 2.67. The molecule has 0 spiro atoms. The van der Waals surface area contributed by atoms with Gasteiger partial charge in [0.05, 0.1) is 13.2 Å². The molecule has 4 heteroatoms. The molecule has 1 unspecified atom stereocenters. The van der Waals surface area contributed by atoms with E-state index in [1.807, 2.05) is 37.4 Å². The second-order valence-corrected chi connectivity index (χ2v) is 4.87. The number of hydrogen-bond donors (Lipinski definition) is 1. The second kappa shape index (κ2) is 6.06. The fourth-order valence-corrected chi connectivity index (χ4v) is 2.65. The molecule has 0 saturated carbocycles. The first-order chi connectivity index (χ1) is 10.3. The molecular formula is C17H19NO3. The van der Waals surface area contributed by atoms with Crippen molar-refractivity contribution < 1.29 is 14.2 Å². The first kappa shape index (κ1) is 13.8. The highest BCUT2D eigenvalue weighted by Crippen LogP contribution is 2.36. The Balaban J connectivity index is 2.00. The van der Waals surface area contributed by atoms with E-state index in [4.69, 9.17) is 14.2 Å². The van der Waals surface area contributed by atoms with Crippen LogP contribution >= 0.6 is 0 Å². The number of ether oxygens (including phenoxy) is 3.